The zero-order valence-electron chi connectivity index (χ0n) is 20.0. The lowest BCUT2D eigenvalue weighted by Gasteiger charge is -2.07. The van der Waals surface area contributed by atoms with Gasteiger partial charge in [-0.15, -0.1) is 0 Å². The average molecular weight is 447 g/mol. The van der Waals surface area contributed by atoms with Crippen LogP contribution >= 0.6 is 0 Å². The third-order valence-corrected chi connectivity index (χ3v) is 6.49. The van der Waals surface area contributed by atoms with Gasteiger partial charge in [0.05, 0.1) is 0 Å². The molecule has 4 aromatic carbocycles. The minimum atomic E-state index is 0.0877. The van der Waals surface area contributed by atoms with E-state index in [-0.39, 0.29) is 5.78 Å². The first-order chi connectivity index (χ1) is 16.8. The molecule has 0 amide bonds. The molecule has 0 N–H and O–H groups in total. The van der Waals surface area contributed by atoms with E-state index in [9.17, 15) is 4.79 Å². The number of aryl methyl sites for hydroxylation is 2. The number of ketones is 1. The number of allylic oxidation sites excluding steroid dienone is 1. The van der Waals surface area contributed by atoms with Crippen molar-refractivity contribution in [2.24, 2.45) is 0 Å². The predicted molar refractivity (Wildman–Crippen MR) is 145 cm³/mol. The Morgan fingerprint density at radius 2 is 1.24 bits per heavy atom. The molecule has 1 nitrogen and oxygen atoms in total. The summed E-state index contributed by atoms with van der Waals surface area (Å²) in [5.74, 6) is 0.0877. The lowest BCUT2D eigenvalue weighted by molar-refractivity contribution is 0.104. The molecular weight excluding hydrogens is 412 g/mol. The van der Waals surface area contributed by atoms with Crippen molar-refractivity contribution in [3.05, 3.63) is 125 Å². The summed E-state index contributed by atoms with van der Waals surface area (Å²) >= 11 is 0. The highest BCUT2D eigenvalue weighted by Gasteiger charge is 2.08. The van der Waals surface area contributed by atoms with Gasteiger partial charge in [0.15, 0.2) is 5.78 Å². The normalized spacial score (nSPS) is 11.3. The Labute approximate surface area is 204 Å². The zero-order chi connectivity index (χ0) is 23.4. The maximum atomic E-state index is 12.9. The monoisotopic (exact) mass is 446 g/mol. The number of fused-ring (bicyclic) bond motifs is 1. The van der Waals surface area contributed by atoms with Gasteiger partial charge in [0.1, 0.15) is 0 Å². The fourth-order valence-corrected chi connectivity index (χ4v) is 4.55. The highest BCUT2D eigenvalue weighted by Crippen LogP contribution is 2.19. The Balaban J connectivity index is 1.22. The summed E-state index contributed by atoms with van der Waals surface area (Å²) in [6.45, 7) is 0. The standard InChI is InChI=1S/C33H34O/c34-33(25-23-28-22-24-29-17-10-11-20-31(29)26-28)32-21-13-12-19-30(32)18-9-4-2-1-3-6-14-27-15-7-5-8-16-27/h5,7-8,10-13,15-17,19-26H,1-4,6,9,14,18H2. The molecule has 4 aromatic rings. The molecule has 0 spiro atoms. The van der Waals surface area contributed by atoms with Crippen LogP contribution < -0.4 is 0 Å². The lowest BCUT2D eigenvalue weighted by Crippen LogP contribution is -2.01. The van der Waals surface area contributed by atoms with Gasteiger partial charge in [-0.05, 0) is 65.3 Å². The maximum absolute atomic E-state index is 12.9. The van der Waals surface area contributed by atoms with Gasteiger partial charge in [0, 0.05) is 5.56 Å². The maximum Gasteiger partial charge on any atom is 0.186 e. The molecule has 0 fully saturated rings. The van der Waals surface area contributed by atoms with Gasteiger partial charge >= 0.3 is 0 Å². The van der Waals surface area contributed by atoms with Crippen LogP contribution in [-0.2, 0) is 12.8 Å². The third-order valence-electron chi connectivity index (χ3n) is 6.49. The molecule has 172 valence electrons. The topological polar surface area (TPSA) is 17.1 Å². The van der Waals surface area contributed by atoms with Gasteiger partial charge in [-0.2, -0.15) is 0 Å². The summed E-state index contributed by atoms with van der Waals surface area (Å²) in [5, 5.41) is 2.41. The number of rotatable bonds is 12. The second-order valence-electron chi connectivity index (χ2n) is 9.07. The van der Waals surface area contributed by atoms with Crippen molar-refractivity contribution in [2.45, 2.75) is 51.4 Å². The fourth-order valence-electron chi connectivity index (χ4n) is 4.55. The molecule has 0 aliphatic carbocycles. The summed E-state index contributed by atoms with van der Waals surface area (Å²) in [6, 6.07) is 33.4. The number of unbranched alkanes of at least 4 members (excludes halogenated alkanes) is 5. The SMILES string of the molecule is O=C(C=Cc1ccc2ccccc2c1)c1ccccc1CCCCCCCCc1ccccc1. The molecule has 0 aliphatic heterocycles. The van der Waals surface area contributed by atoms with Crippen LogP contribution in [0.15, 0.2) is 103 Å². The van der Waals surface area contributed by atoms with Crippen molar-refractivity contribution in [2.75, 3.05) is 0 Å². The second-order valence-corrected chi connectivity index (χ2v) is 9.07. The van der Waals surface area contributed by atoms with E-state index in [0.29, 0.717) is 0 Å². The second kappa shape index (κ2) is 12.7. The van der Waals surface area contributed by atoms with E-state index in [2.05, 4.69) is 66.7 Å². The van der Waals surface area contributed by atoms with E-state index in [4.69, 9.17) is 0 Å². The first-order valence-corrected chi connectivity index (χ1v) is 12.6. The van der Waals surface area contributed by atoms with Crippen molar-refractivity contribution in [3.8, 4) is 0 Å². The van der Waals surface area contributed by atoms with Gasteiger partial charge in [-0.25, -0.2) is 0 Å². The quantitative estimate of drug-likeness (QED) is 0.121. The Bertz CT molecular complexity index is 1220. The van der Waals surface area contributed by atoms with Gasteiger partial charge in [-0.3, -0.25) is 4.79 Å². The van der Waals surface area contributed by atoms with E-state index in [1.54, 1.807) is 6.08 Å². The molecular formula is C33H34O. The van der Waals surface area contributed by atoms with E-state index < -0.39 is 0 Å². The van der Waals surface area contributed by atoms with Crippen LogP contribution in [0.5, 0.6) is 0 Å². The number of carbonyl (C=O) groups is 1. The van der Waals surface area contributed by atoms with Crippen LogP contribution in [0.3, 0.4) is 0 Å². The molecule has 34 heavy (non-hydrogen) atoms. The average Bonchev–Trinajstić information content (AvgIpc) is 2.89. The number of carbonyl (C=O) groups excluding carboxylic acids is 1. The highest BCUT2D eigenvalue weighted by atomic mass is 16.1. The summed E-state index contributed by atoms with van der Waals surface area (Å²) in [7, 11) is 0. The van der Waals surface area contributed by atoms with Gasteiger partial charge in [0.2, 0.25) is 0 Å². The molecule has 1 heteroatoms. The molecule has 0 aromatic heterocycles. The molecule has 0 atom stereocenters. The predicted octanol–water partition coefficient (Wildman–Crippen LogP) is 8.86. The van der Waals surface area contributed by atoms with Crippen LogP contribution in [-0.4, -0.2) is 5.78 Å². The van der Waals surface area contributed by atoms with Crippen molar-refractivity contribution < 1.29 is 4.79 Å². The zero-order valence-corrected chi connectivity index (χ0v) is 20.0. The van der Waals surface area contributed by atoms with Crippen molar-refractivity contribution in [3.63, 3.8) is 0 Å². The molecule has 0 saturated heterocycles. The number of benzene rings is 4. The number of hydrogen-bond acceptors (Lipinski definition) is 1. The van der Waals surface area contributed by atoms with Crippen molar-refractivity contribution in [1.29, 1.82) is 0 Å². The van der Waals surface area contributed by atoms with Crippen molar-refractivity contribution in [1.82, 2.24) is 0 Å². The summed E-state index contributed by atoms with van der Waals surface area (Å²) in [4.78, 5) is 12.9. The van der Waals surface area contributed by atoms with Crippen LogP contribution in [0.1, 0.15) is 65.6 Å². The largest absolute Gasteiger partial charge is 0.289 e. The van der Waals surface area contributed by atoms with E-state index >= 15 is 0 Å². The summed E-state index contributed by atoms with van der Waals surface area (Å²) in [6.07, 6.45) is 13.3. The third kappa shape index (κ3) is 7.02. The molecule has 0 saturated carbocycles. The molecule has 0 bridgehead atoms. The van der Waals surface area contributed by atoms with E-state index in [1.165, 1.54) is 60.4 Å². The Morgan fingerprint density at radius 1 is 0.588 bits per heavy atom. The Kier molecular flexibility index (Phi) is 8.85. The molecule has 0 radical (unpaired) electrons. The van der Waals surface area contributed by atoms with Crippen LogP contribution in [0.2, 0.25) is 0 Å². The number of hydrogen-bond donors (Lipinski definition) is 0. The van der Waals surface area contributed by atoms with E-state index in [0.717, 1.165) is 24.0 Å². The highest BCUT2D eigenvalue weighted by molar-refractivity contribution is 6.08. The Hall–Kier alpha value is -3.45. The smallest absolute Gasteiger partial charge is 0.186 e. The van der Waals surface area contributed by atoms with Crippen LogP contribution in [0, 0.1) is 0 Å². The molecule has 4 rings (SSSR count). The first kappa shape index (κ1) is 23.7. The lowest BCUT2D eigenvalue weighted by atomic mass is 9.97. The van der Waals surface area contributed by atoms with Gasteiger partial charge < -0.3 is 0 Å². The molecule has 0 aliphatic rings. The first-order valence-electron chi connectivity index (χ1n) is 12.6. The summed E-state index contributed by atoms with van der Waals surface area (Å²) < 4.78 is 0. The van der Waals surface area contributed by atoms with Gasteiger partial charge in [-0.1, -0.05) is 123 Å². The fraction of sp³-hybridized carbons (Fsp3) is 0.242. The van der Waals surface area contributed by atoms with E-state index in [1.807, 2.05) is 36.4 Å². The van der Waals surface area contributed by atoms with Gasteiger partial charge in [0.25, 0.3) is 0 Å². The summed E-state index contributed by atoms with van der Waals surface area (Å²) in [5.41, 5.74) is 4.50. The molecule has 0 unspecified atom stereocenters. The van der Waals surface area contributed by atoms with Crippen LogP contribution in [0.4, 0.5) is 0 Å². The van der Waals surface area contributed by atoms with Crippen molar-refractivity contribution >= 4 is 22.6 Å². The minimum absolute atomic E-state index is 0.0877. The van der Waals surface area contributed by atoms with Crippen LogP contribution in [0.25, 0.3) is 16.8 Å². The minimum Gasteiger partial charge on any atom is -0.289 e. The Morgan fingerprint density at radius 3 is 2.06 bits per heavy atom. The molecule has 0 heterocycles.